The molecule has 0 heterocycles. The first-order valence-corrected chi connectivity index (χ1v) is 4.63. The highest BCUT2D eigenvalue weighted by Crippen LogP contribution is 2.35. The van der Waals surface area contributed by atoms with Crippen molar-refractivity contribution in [1.29, 1.82) is 0 Å². The summed E-state index contributed by atoms with van der Waals surface area (Å²) in [6.07, 6.45) is -5.40. The van der Waals surface area contributed by atoms with Gasteiger partial charge in [-0.3, -0.25) is 14.9 Å². The van der Waals surface area contributed by atoms with E-state index in [4.69, 9.17) is 11.6 Å². The monoisotopic (exact) mass is 304 g/mol. The largest absolute Gasteiger partial charge is 0.471 e. The zero-order valence-electron chi connectivity index (χ0n) is 8.52. The standard InChI is InChI=1S/C8H2ClF5N2O3/c9-4-2(10)1-3(16(18)19)6(5(4)11)15-7(17)8(12,13)14/h1H,(H,15,17). The van der Waals surface area contributed by atoms with Crippen LogP contribution >= 0.6 is 11.6 Å². The average Bonchev–Trinajstić information content (AvgIpc) is 2.27. The van der Waals surface area contributed by atoms with Gasteiger partial charge >= 0.3 is 12.1 Å². The normalized spacial score (nSPS) is 11.3. The number of halogens is 6. The molecule has 1 rings (SSSR count). The first-order chi connectivity index (χ1) is 8.55. The zero-order chi connectivity index (χ0) is 15.0. The van der Waals surface area contributed by atoms with Crippen LogP contribution in [-0.2, 0) is 4.79 Å². The molecular formula is C8H2ClF5N2O3. The lowest BCUT2D eigenvalue weighted by molar-refractivity contribution is -0.384. The summed E-state index contributed by atoms with van der Waals surface area (Å²) in [4.78, 5) is 19.7. The van der Waals surface area contributed by atoms with Crippen molar-refractivity contribution in [3.05, 3.63) is 32.8 Å². The summed E-state index contributed by atoms with van der Waals surface area (Å²) in [5.74, 6) is -6.07. The molecule has 1 N–H and O–H groups in total. The number of amides is 1. The Morgan fingerprint density at radius 2 is 1.89 bits per heavy atom. The Hall–Kier alpha value is -1.97. The van der Waals surface area contributed by atoms with E-state index in [2.05, 4.69) is 0 Å². The predicted octanol–water partition coefficient (Wildman–Crippen LogP) is 3.03. The number of nitrogens with one attached hydrogen (secondary N) is 1. The van der Waals surface area contributed by atoms with E-state index in [1.165, 1.54) is 0 Å². The van der Waals surface area contributed by atoms with Crippen LogP contribution in [0.3, 0.4) is 0 Å². The number of carbonyl (C=O) groups excluding carboxylic acids is 1. The van der Waals surface area contributed by atoms with Gasteiger partial charge in [0.15, 0.2) is 17.3 Å². The van der Waals surface area contributed by atoms with E-state index < -0.39 is 45.0 Å². The van der Waals surface area contributed by atoms with Gasteiger partial charge in [-0.2, -0.15) is 13.2 Å². The fourth-order valence-electron chi connectivity index (χ4n) is 1.03. The second-order valence-electron chi connectivity index (χ2n) is 3.09. The molecule has 19 heavy (non-hydrogen) atoms. The minimum Gasteiger partial charge on any atom is -0.310 e. The Balaban J connectivity index is 3.37. The molecule has 104 valence electrons. The van der Waals surface area contributed by atoms with Crippen LogP contribution in [0.4, 0.5) is 33.3 Å². The van der Waals surface area contributed by atoms with Crippen LogP contribution in [0.2, 0.25) is 5.02 Å². The van der Waals surface area contributed by atoms with E-state index in [-0.39, 0.29) is 6.07 Å². The van der Waals surface area contributed by atoms with Crippen molar-refractivity contribution < 1.29 is 31.7 Å². The van der Waals surface area contributed by atoms with Crippen molar-refractivity contribution in [2.45, 2.75) is 6.18 Å². The molecule has 0 fully saturated rings. The lowest BCUT2D eigenvalue weighted by atomic mass is 10.2. The number of nitrogens with zero attached hydrogens (tertiary/aromatic N) is 1. The number of nitro groups is 1. The zero-order valence-corrected chi connectivity index (χ0v) is 9.27. The Kier molecular flexibility index (Phi) is 3.94. The third kappa shape index (κ3) is 3.08. The predicted molar refractivity (Wildman–Crippen MR) is 52.7 cm³/mol. The average molecular weight is 305 g/mol. The molecule has 0 saturated heterocycles. The second kappa shape index (κ2) is 4.96. The maximum atomic E-state index is 13.4. The van der Waals surface area contributed by atoms with Gasteiger partial charge in [0.25, 0.3) is 5.69 Å². The number of alkyl halides is 3. The summed E-state index contributed by atoms with van der Waals surface area (Å²) >= 11 is 5.05. The molecule has 5 nitrogen and oxygen atoms in total. The van der Waals surface area contributed by atoms with E-state index in [1.807, 2.05) is 0 Å². The SMILES string of the molecule is O=C(Nc1c([N+](=O)[O-])cc(F)c(Cl)c1F)C(F)(F)F. The van der Waals surface area contributed by atoms with Gasteiger partial charge < -0.3 is 5.32 Å². The highest BCUT2D eigenvalue weighted by atomic mass is 35.5. The fourth-order valence-corrected chi connectivity index (χ4v) is 1.18. The van der Waals surface area contributed by atoms with Crippen molar-refractivity contribution in [2.24, 2.45) is 0 Å². The molecule has 1 aromatic carbocycles. The second-order valence-corrected chi connectivity index (χ2v) is 3.47. The fraction of sp³-hybridized carbons (Fsp3) is 0.125. The highest BCUT2D eigenvalue weighted by Gasteiger charge is 2.40. The Morgan fingerprint density at radius 1 is 1.37 bits per heavy atom. The highest BCUT2D eigenvalue weighted by molar-refractivity contribution is 6.31. The quantitative estimate of drug-likeness (QED) is 0.395. The van der Waals surface area contributed by atoms with E-state index in [0.717, 1.165) is 5.32 Å². The lowest BCUT2D eigenvalue weighted by Crippen LogP contribution is -2.30. The minimum atomic E-state index is -5.40. The van der Waals surface area contributed by atoms with Crippen molar-refractivity contribution in [2.75, 3.05) is 5.32 Å². The smallest absolute Gasteiger partial charge is 0.310 e. The van der Waals surface area contributed by atoms with Crippen LogP contribution in [0.5, 0.6) is 0 Å². The van der Waals surface area contributed by atoms with Crippen LogP contribution in [0.25, 0.3) is 0 Å². The number of hydrogen-bond acceptors (Lipinski definition) is 3. The molecule has 11 heteroatoms. The number of rotatable bonds is 2. The maximum Gasteiger partial charge on any atom is 0.471 e. The number of nitro benzene ring substituents is 1. The van der Waals surface area contributed by atoms with Gasteiger partial charge in [-0.1, -0.05) is 11.6 Å². The number of hydrogen-bond donors (Lipinski definition) is 1. The van der Waals surface area contributed by atoms with Gasteiger partial charge in [0.2, 0.25) is 0 Å². The molecule has 0 atom stereocenters. The Bertz CT molecular complexity index is 560. The molecule has 0 aliphatic heterocycles. The summed E-state index contributed by atoms with van der Waals surface area (Å²) in [6, 6.07) is 0.0946. The molecule has 0 spiro atoms. The summed E-state index contributed by atoms with van der Waals surface area (Å²) < 4.78 is 62.2. The van der Waals surface area contributed by atoms with E-state index in [9.17, 15) is 36.9 Å². The molecule has 1 amide bonds. The topological polar surface area (TPSA) is 72.2 Å². The van der Waals surface area contributed by atoms with Crippen LogP contribution < -0.4 is 5.32 Å². The first-order valence-electron chi connectivity index (χ1n) is 4.25. The molecule has 0 aliphatic carbocycles. The van der Waals surface area contributed by atoms with Gasteiger partial charge in [-0.25, -0.2) is 8.78 Å². The van der Waals surface area contributed by atoms with E-state index in [0.29, 0.717) is 0 Å². The third-order valence-corrected chi connectivity index (χ3v) is 2.18. The number of carbonyl (C=O) groups is 1. The lowest BCUT2D eigenvalue weighted by Gasteiger charge is -2.10. The maximum absolute atomic E-state index is 13.4. The summed E-state index contributed by atoms with van der Waals surface area (Å²) in [6.45, 7) is 0. The molecule has 1 aromatic rings. The van der Waals surface area contributed by atoms with Gasteiger partial charge in [0, 0.05) is 0 Å². The van der Waals surface area contributed by atoms with Gasteiger partial charge in [-0.15, -0.1) is 0 Å². The minimum absolute atomic E-state index is 0.0946. The molecule has 0 radical (unpaired) electrons. The van der Waals surface area contributed by atoms with Crippen molar-refractivity contribution in [3.63, 3.8) is 0 Å². The van der Waals surface area contributed by atoms with Crippen molar-refractivity contribution >= 4 is 28.9 Å². The van der Waals surface area contributed by atoms with E-state index in [1.54, 1.807) is 0 Å². The Morgan fingerprint density at radius 3 is 2.32 bits per heavy atom. The van der Waals surface area contributed by atoms with Gasteiger partial charge in [0.05, 0.1) is 11.0 Å². The summed E-state index contributed by atoms with van der Waals surface area (Å²) in [5.41, 5.74) is -2.85. The molecular weight excluding hydrogens is 303 g/mol. The van der Waals surface area contributed by atoms with Gasteiger partial charge in [-0.05, 0) is 0 Å². The summed E-state index contributed by atoms with van der Waals surface area (Å²) in [7, 11) is 0. The molecule has 0 saturated carbocycles. The molecule has 0 bridgehead atoms. The summed E-state index contributed by atoms with van der Waals surface area (Å²) in [5, 5.41) is 10.1. The molecule has 0 aromatic heterocycles. The number of benzene rings is 1. The van der Waals surface area contributed by atoms with Crippen LogP contribution in [0.1, 0.15) is 0 Å². The van der Waals surface area contributed by atoms with E-state index >= 15 is 0 Å². The first kappa shape index (κ1) is 15.1. The van der Waals surface area contributed by atoms with Crippen LogP contribution in [0, 0.1) is 21.7 Å². The molecule has 0 unspecified atom stereocenters. The van der Waals surface area contributed by atoms with Crippen molar-refractivity contribution in [3.8, 4) is 0 Å². The molecule has 0 aliphatic rings. The number of anilines is 1. The third-order valence-electron chi connectivity index (χ3n) is 1.83. The van der Waals surface area contributed by atoms with Crippen LogP contribution in [-0.4, -0.2) is 17.0 Å². The van der Waals surface area contributed by atoms with Gasteiger partial charge in [0.1, 0.15) is 5.02 Å². The van der Waals surface area contributed by atoms with Crippen LogP contribution in [0.15, 0.2) is 6.07 Å². The Labute approximate surface area is 106 Å². The van der Waals surface area contributed by atoms with Crippen molar-refractivity contribution in [1.82, 2.24) is 0 Å².